The van der Waals surface area contributed by atoms with Gasteiger partial charge in [0.25, 0.3) is 0 Å². The van der Waals surface area contributed by atoms with Crippen molar-refractivity contribution in [2.24, 2.45) is 11.8 Å². The van der Waals surface area contributed by atoms with Crippen LogP contribution < -0.4 is 20.7 Å². The van der Waals surface area contributed by atoms with Crippen molar-refractivity contribution in [1.82, 2.24) is 5.32 Å². The molecule has 1 saturated heterocycles. The minimum absolute atomic E-state index is 0.0872. The van der Waals surface area contributed by atoms with Gasteiger partial charge in [0.1, 0.15) is 11.3 Å². The quantitative estimate of drug-likeness (QED) is 0.678. The van der Waals surface area contributed by atoms with Crippen LogP contribution in [0.15, 0.2) is 36.4 Å². The van der Waals surface area contributed by atoms with Gasteiger partial charge in [0.05, 0.1) is 13.0 Å². The van der Waals surface area contributed by atoms with Crippen LogP contribution in [0.3, 0.4) is 0 Å². The molecule has 2 aliphatic rings. The zero-order valence-electron chi connectivity index (χ0n) is 18.8. The van der Waals surface area contributed by atoms with Crippen molar-refractivity contribution in [2.75, 3.05) is 17.7 Å². The predicted octanol–water partition coefficient (Wildman–Crippen LogP) is 4.12. The molecule has 3 atom stereocenters. The van der Waals surface area contributed by atoms with Gasteiger partial charge in [-0.2, -0.15) is 0 Å². The first-order valence-corrected chi connectivity index (χ1v) is 10.9. The van der Waals surface area contributed by atoms with E-state index in [1.165, 1.54) is 0 Å². The number of carbonyl (C=O) groups is 2. The summed E-state index contributed by atoms with van der Waals surface area (Å²) in [4.78, 5) is 27.0. The number of aryl methyl sites for hydroxylation is 2. The van der Waals surface area contributed by atoms with E-state index < -0.39 is 11.5 Å². The highest BCUT2D eigenvalue weighted by Gasteiger charge is 2.60. The number of hydrogen-bond acceptors (Lipinski definition) is 4. The fourth-order valence-corrected chi connectivity index (χ4v) is 5.14. The van der Waals surface area contributed by atoms with Crippen molar-refractivity contribution in [1.29, 1.82) is 0 Å². The number of amides is 2. The number of methoxy groups -OCH3 is 1. The second kappa shape index (κ2) is 8.00. The molecular weight excluding hydrogens is 390 g/mol. The highest BCUT2D eigenvalue weighted by atomic mass is 16.5. The largest absolute Gasteiger partial charge is 0.497 e. The Balaban J connectivity index is 1.72. The second-order valence-electron chi connectivity index (χ2n) is 9.24. The number of hydrogen-bond donors (Lipinski definition) is 3. The minimum Gasteiger partial charge on any atom is -0.497 e. The van der Waals surface area contributed by atoms with E-state index in [0.29, 0.717) is 18.0 Å². The van der Waals surface area contributed by atoms with Crippen LogP contribution in [0.25, 0.3) is 0 Å². The number of anilines is 2. The average molecular weight is 422 g/mol. The summed E-state index contributed by atoms with van der Waals surface area (Å²) in [6, 6.07) is 11.4. The summed E-state index contributed by atoms with van der Waals surface area (Å²) in [6.07, 6.45) is 1.52. The van der Waals surface area contributed by atoms with Crippen LogP contribution in [0.4, 0.5) is 11.4 Å². The van der Waals surface area contributed by atoms with Gasteiger partial charge in [-0.15, -0.1) is 0 Å². The van der Waals surface area contributed by atoms with Crippen molar-refractivity contribution in [3.63, 3.8) is 0 Å². The van der Waals surface area contributed by atoms with E-state index in [2.05, 4.69) is 35.9 Å². The van der Waals surface area contributed by atoms with Crippen molar-refractivity contribution >= 4 is 23.2 Å². The topological polar surface area (TPSA) is 79.5 Å². The summed E-state index contributed by atoms with van der Waals surface area (Å²) in [7, 11) is 1.61. The van der Waals surface area contributed by atoms with E-state index in [1.54, 1.807) is 7.11 Å². The van der Waals surface area contributed by atoms with Crippen molar-refractivity contribution in [3.05, 3.63) is 53.1 Å². The van der Waals surface area contributed by atoms with E-state index in [-0.39, 0.29) is 17.9 Å². The number of rotatable bonds is 5. The lowest BCUT2D eigenvalue weighted by molar-refractivity contribution is -0.130. The Labute approximate surface area is 183 Å². The summed E-state index contributed by atoms with van der Waals surface area (Å²) >= 11 is 0. The zero-order chi connectivity index (χ0) is 22.3. The van der Waals surface area contributed by atoms with Crippen molar-refractivity contribution in [3.8, 4) is 5.75 Å². The summed E-state index contributed by atoms with van der Waals surface area (Å²) in [5.41, 5.74) is 3.44. The monoisotopic (exact) mass is 421 g/mol. The fraction of sp³-hybridized carbons (Fsp3) is 0.440. The molecule has 1 spiro atoms. The molecule has 2 aromatic carbocycles. The first kappa shape index (κ1) is 21.4. The van der Waals surface area contributed by atoms with Crippen LogP contribution in [0.1, 0.15) is 43.4 Å². The SMILES string of the molecule is COc1ccc(NC(=O)[C@@H]2C[C@H](CC(C)C)N[C@]23C(=O)Nc2c(C)cc(C)cc23)cc1. The summed E-state index contributed by atoms with van der Waals surface area (Å²) < 4.78 is 5.20. The number of carbonyl (C=O) groups excluding carboxylic acids is 2. The second-order valence-corrected chi connectivity index (χ2v) is 9.24. The third kappa shape index (κ3) is 3.69. The van der Waals surface area contributed by atoms with Gasteiger partial charge in [-0.05, 0) is 62.4 Å². The highest BCUT2D eigenvalue weighted by molar-refractivity contribution is 6.11. The molecule has 3 N–H and O–H groups in total. The Morgan fingerprint density at radius 1 is 1.23 bits per heavy atom. The fourth-order valence-electron chi connectivity index (χ4n) is 5.14. The van der Waals surface area contributed by atoms with Crippen LogP contribution in [0, 0.1) is 25.7 Å². The predicted molar refractivity (Wildman–Crippen MR) is 122 cm³/mol. The first-order valence-electron chi connectivity index (χ1n) is 10.9. The Bertz CT molecular complexity index is 1020. The lowest BCUT2D eigenvalue weighted by Crippen LogP contribution is -2.52. The molecule has 0 saturated carbocycles. The molecule has 0 unspecified atom stereocenters. The molecule has 31 heavy (non-hydrogen) atoms. The smallest absolute Gasteiger partial charge is 0.250 e. The van der Waals surface area contributed by atoms with Crippen LogP contribution >= 0.6 is 0 Å². The molecule has 0 aromatic heterocycles. The number of fused-ring (bicyclic) bond motifs is 2. The van der Waals surface area contributed by atoms with Crippen LogP contribution in [0.5, 0.6) is 5.75 Å². The van der Waals surface area contributed by atoms with Gasteiger partial charge >= 0.3 is 0 Å². The van der Waals surface area contributed by atoms with Crippen LogP contribution in [-0.4, -0.2) is 25.0 Å². The molecule has 2 amide bonds. The third-order valence-corrected chi connectivity index (χ3v) is 6.41. The maximum absolute atomic E-state index is 13.5. The first-order chi connectivity index (χ1) is 14.7. The number of ether oxygens (including phenoxy) is 1. The summed E-state index contributed by atoms with van der Waals surface area (Å²) in [5.74, 6) is 0.384. The third-order valence-electron chi connectivity index (χ3n) is 6.41. The van der Waals surface area contributed by atoms with Crippen LogP contribution in [0.2, 0.25) is 0 Å². The van der Waals surface area contributed by atoms with Gasteiger partial charge in [0.15, 0.2) is 0 Å². The molecule has 1 fully saturated rings. The minimum atomic E-state index is -1.05. The highest BCUT2D eigenvalue weighted by Crippen LogP contribution is 2.49. The van der Waals surface area contributed by atoms with Gasteiger partial charge < -0.3 is 15.4 Å². The van der Waals surface area contributed by atoms with Gasteiger partial charge in [-0.1, -0.05) is 31.5 Å². The standard InChI is InChI=1S/C25H31N3O3/c1-14(2)10-18-13-21(23(29)26-17-6-8-19(31-5)9-7-17)25(28-18)20-12-15(3)11-16(4)22(20)27-24(25)30/h6-9,11-12,14,18,21,28H,10,13H2,1-5H3,(H,26,29)(H,27,30)/t18-,21-,25-/m0/s1. The molecule has 6 nitrogen and oxygen atoms in total. The van der Waals surface area contributed by atoms with E-state index in [9.17, 15) is 9.59 Å². The van der Waals surface area contributed by atoms with Crippen molar-refractivity contribution < 1.29 is 14.3 Å². The Morgan fingerprint density at radius 2 is 1.94 bits per heavy atom. The Morgan fingerprint density at radius 3 is 2.58 bits per heavy atom. The molecule has 6 heteroatoms. The van der Waals surface area contributed by atoms with Gasteiger partial charge in [0, 0.05) is 23.0 Å². The van der Waals surface area contributed by atoms with E-state index in [4.69, 9.17) is 4.74 Å². The van der Waals surface area contributed by atoms with Gasteiger partial charge in [-0.3, -0.25) is 14.9 Å². The molecule has 4 rings (SSSR count). The van der Waals surface area contributed by atoms with E-state index in [0.717, 1.165) is 34.5 Å². The molecule has 0 radical (unpaired) electrons. The molecule has 0 bridgehead atoms. The van der Waals surface area contributed by atoms with Gasteiger partial charge in [-0.25, -0.2) is 0 Å². The summed E-state index contributed by atoms with van der Waals surface area (Å²) in [6.45, 7) is 8.35. The maximum atomic E-state index is 13.5. The summed E-state index contributed by atoms with van der Waals surface area (Å²) in [5, 5.41) is 9.69. The molecule has 2 aliphatic heterocycles. The lowest BCUT2D eigenvalue weighted by Gasteiger charge is -2.29. The average Bonchev–Trinajstić information content (AvgIpc) is 3.22. The number of benzene rings is 2. The Hall–Kier alpha value is -2.86. The lowest BCUT2D eigenvalue weighted by atomic mass is 9.78. The zero-order valence-corrected chi connectivity index (χ0v) is 18.8. The molecule has 2 aromatic rings. The number of nitrogens with one attached hydrogen (secondary N) is 3. The molecular formula is C25H31N3O3. The normalized spacial score (nSPS) is 24.4. The molecule has 164 valence electrons. The van der Waals surface area contributed by atoms with E-state index in [1.807, 2.05) is 44.2 Å². The van der Waals surface area contributed by atoms with E-state index >= 15 is 0 Å². The van der Waals surface area contributed by atoms with Crippen LogP contribution in [-0.2, 0) is 15.1 Å². The molecule has 0 aliphatic carbocycles. The van der Waals surface area contributed by atoms with Crippen molar-refractivity contribution in [2.45, 2.75) is 52.1 Å². The Kier molecular flexibility index (Phi) is 5.52. The molecule has 2 heterocycles. The maximum Gasteiger partial charge on any atom is 0.250 e. The van der Waals surface area contributed by atoms with Gasteiger partial charge in [0.2, 0.25) is 11.8 Å².